The Morgan fingerprint density at radius 2 is 1.77 bits per heavy atom. The SMILES string of the molecule is CCOc1ccc(C(=O)Nc2cccc(Cl)c2)cc1CN(C)S(=O)(=O)c1ccccc1. The first-order valence-corrected chi connectivity index (χ1v) is 11.5. The standard InChI is InChI=1S/C23H23ClN2O4S/c1-3-30-22-13-12-17(23(27)25-20-9-7-8-19(24)15-20)14-18(22)16-26(2)31(28,29)21-10-5-4-6-11-21/h4-15H,3,16H2,1-2H3,(H,25,27). The van der Waals surface area contributed by atoms with Crippen LogP contribution < -0.4 is 10.1 Å². The highest BCUT2D eigenvalue weighted by molar-refractivity contribution is 7.89. The zero-order chi connectivity index (χ0) is 22.4. The third-order valence-corrected chi connectivity index (χ3v) is 6.60. The molecular weight excluding hydrogens is 436 g/mol. The van der Waals surface area contributed by atoms with Gasteiger partial charge in [-0.15, -0.1) is 0 Å². The summed E-state index contributed by atoms with van der Waals surface area (Å²) in [5, 5.41) is 3.30. The molecule has 162 valence electrons. The summed E-state index contributed by atoms with van der Waals surface area (Å²) in [6.45, 7) is 2.30. The maximum absolute atomic E-state index is 12.9. The van der Waals surface area contributed by atoms with E-state index in [0.717, 1.165) is 0 Å². The van der Waals surface area contributed by atoms with Crippen molar-refractivity contribution >= 4 is 33.2 Å². The molecule has 3 rings (SSSR count). The topological polar surface area (TPSA) is 75.7 Å². The van der Waals surface area contributed by atoms with Gasteiger partial charge < -0.3 is 10.1 Å². The van der Waals surface area contributed by atoms with Gasteiger partial charge in [-0.25, -0.2) is 8.42 Å². The molecule has 0 fully saturated rings. The summed E-state index contributed by atoms with van der Waals surface area (Å²) in [5.41, 5.74) is 1.53. The van der Waals surface area contributed by atoms with Crippen LogP contribution in [0.25, 0.3) is 0 Å². The molecule has 0 unspecified atom stereocenters. The Morgan fingerprint density at radius 3 is 2.45 bits per heavy atom. The molecule has 0 radical (unpaired) electrons. The fourth-order valence-electron chi connectivity index (χ4n) is 3.01. The second kappa shape index (κ2) is 9.96. The number of carbonyl (C=O) groups is 1. The molecule has 0 aromatic heterocycles. The number of nitrogens with zero attached hydrogens (tertiary/aromatic N) is 1. The Kier molecular flexibility index (Phi) is 7.33. The van der Waals surface area contributed by atoms with E-state index in [2.05, 4.69) is 5.32 Å². The number of halogens is 1. The quantitative estimate of drug-likeness (QED) is 0.525. The summed E-state index contributed by atoms with van der Waals surface area (Å²) in [6, 6.07) is 20.0. The fourth-order valence-corrected chi connectivity index (χ4v) is 4.37. The van der Waals surface area contributed by atoms with Crippen LogP contribution in [0.5, 0.6) is 5.75 Å². The molecule has 0 aliphatic carbocycles. The monoisotopic (exact) mass is 458 g/mol. The van der Waals surface area contributed by atoms with Gasteiger partial charge in [0.1, 0.15) is 5.75 Å². The lowest BCUT2D eigenvalue weighted by Crippen LogP contribution is -2.27. The average molecular weight is 459 g/mol. The van der Waals surface area contributed by atoms with Crippen molar-refractivity contribution in [1.82, 2.24) is 4.31 Å². The Labute approximate surface area is 187 Å². The number of benzene rings is 3. The Balaban J connectivity index is 1.87. The predicted octanol–water partition coefficient (Wildman–Crippen LogP) is 4.81. The molecule has 1 amide bonds. The second-order valence-corrected chi connectivity index (χ2v) is 9.28. The van der Waals surface area contributed by atoms with Crippen LogP contribution in [0.4, 0.5) is 5.69 Å². The summed E-state index contributed by atoms with van der Waals surface area (Å²) in [7, 11) is -2.20. The molecule has 0 aliphatic heterocycles. The van der Waals surface area contributed by atoms with Crippen LogP contribution in [0.15, 0.2) is 77.7 Å². The average Bonchev–Trinajstić information content (AvgIpc) is 2.75. The van der Waals surface area contributed by atoms with Crippen LogP contribution in [-0.2, 0) is 16.6 Å². The van der Waals surface area contributed by atoms with Gasteiger partial charge in [-0.2, -0.15) is 4.31 Å². The molecule has 31 heavy (non-hydrogen) atoms. The Morgan fingerprint density at radius 1 is 1.03 bits per heavy atom. The molecule has 1 N–H and O–H groups in total. The first kappa shape index (κ1) is 22.8. The number of sulfonamides is 1. The van der Waals surface area contributed by atoms with E-state index in [-0.39, 0.29) is 17.3 Å². The van der Waals surface area contributed by atoms with Crippen LogP contribution in [-0.4, -0.2) is 32.3 Å². The molecule has 0 saturated carbocycles. The van der Waals surface area contributed by atoms with E-state index < -0.39 is 10.0 Å². The van der Waals surface area contributed by atoms with Gasteiger partial charge in [-0.1, -0.05) is 35.9 Å². The molecule has 3 aromatic rings. The lowest BCUT2D eigenvalue weighted by molar-refractivity contribution is 0.102. The number of hydrogen-bond acceptors (Lipinski definition) is 4. The van der Waals surface area contributed by atoms with Crippen LogP contribution >= 0.6 is 11.6 Å². The van der Waals surface area contributed by atoms with E-state index >= 15 is 0 Å². The van der Waals surface area contributed by atoms with E-state index in [1.807, 2.05) is 6.92 Å². The second-order valence-electron chi connectivity index (χ2n) is 6.79. The van der Waals surface area contributed by atoms with Gasteiger partial charge >= 0.3 is 0 Å². The van der Waals surface area contributed by atoms with Crippen molar-refractivity contribution in [3.05, 3.63) is 88.9 Å². The molecule has 0 aliphatic rings. The smallest absolute Gasteiger partial charge is 0.255 e. The normalized spacial score (nSPS) is 11.4. The summed E-state index contributed by atoms with van der Waals surface area (Å²) in [5.74, 6) is 0.192. The minimum Gasteiger partial charge on any atom is -0.494 e. The van der Waals surface area contributed by atoms with Crippen LogP contribution in [0.3, 0.4) is 0 Å². The molecular formula is C23H23ClN2O4S. The number of carbonyl (C=O) groups excluding carboxylic acids is 1. The molecule has 0 heterocycles. The number of nitrogens with one attached hydrogen (secondary N) is 1. The molecule has 0 bridgehead atoms. The highest BCUT2D eigenvalue weighted by Crippen LogP contribution is 2.25. The van der Waals surface area contributed by atoms with Crippen molar-refractivity contribution in [3.8, 4) is 5.75 Å². The van der Waals surface area contributed by atoms with Crippen molar-refractivity contribution in [2.24, 2.45) is 0 Å². The zero-order valence-electron chi connectivity index (χ0n) is 17.2. The predicted molar refractivity (Wildman–Crippen MR) is 122 cm³/mol. The van der Waals surface area contributed by atoms with Gasteiger partial charge in [0.15, 0.2) is 0 Å². The van der Waals surface area contributed by atoms with Gasteiger partial charge in [-0.3, -0.25) is 4.79 Å². The highest BCUT2D eigenvalue weighted by Gasteiger charge is 2.22. The minimum atomic E-state index is -3.69. The molecule has 8 heteroatoms. The van der Waals surface area contributed by atoms with E-state index in [1.165, 1.54) is 11.4 Å². The minimum absolute atomic E-state index is 0.0465. The van der Waals surface area contributed by atoms with E-state index in [0.29, 0.717) is 34.2 Å². The van der Waals surface area contributed by atoms with Crippen molar-refractivity contribution in [3.63, 3.8) is 0 Å². The Hall–Kier alpha value is -2.87. The van der Waals surface area contributed by atoms with Crippen LogP contribution in [0.1, 0.15) is 22.8 Å². The molecule has 0 spiro atoms. The van der Waals surface area contributed by atoms with Crippen molar-refractivity contribution < 1.29 is 17.9 Å². The zero-order valence-corrected chi connectivity index (χ0v) is 18.8. The number of hydrogen-bond donors (Lipinski definition) is 1. The summed E-state index contributed by atoms with van der Waals surface area (Å²) < 4.78 is 32.7. The molecule has 0 atom stereocenters. The third-order valence-electron chi connectivity index (χ3n) is 4.55. The van der Waals surface area contributed by atoms with Gasteiger partial charge in [0.05, 0.1) is 11.5 Å². The molecule has 6 nitrogen and oxygen atoms in total. The number of anilines is 1. The van der Waals surface area contributed by atoms with Crippen LogP contribution in [0.2, 0.25) is 5.02 Å². The largest absolute Gasteiger partial charge is 0.494 e. The van der Waals surface area contributed by atoms with E-state index in [1.54, 1.807) is 72.8 Å². The molecule has 3 aromatic carbocycles. The lowest BCUT2D eigenvalue weighted by Gasteiger charge is -2.20. The summed E-state index contributed by atoms with van der Waals surface area (Å²) in [4.78, 5) is 12.9. The van der Waals surface area contributed by atoms with Gasteiger partial charge in [0, 0.05) is 35.4 Å². The number of amides is 1. The summed E-state index contributed by atoms with van der Waals surface area (Å²) in [6.07, 6.45) is 0. The van der Waals surface area contributed by atoms with E-state index in [9.17, 15) is 13.2 Å². The van der Waals surface area contributed by atoms with Gasteiger partial charge in [0.25, 0.3) is 5.91 Å². The number of ether oxygens (including phenoxy) is 1. The van der Waals surface area contributed by atoms with Crippen molar-refractivity contribution in [1.29, 1.82) is 0 Å². The molecule has 0 saturated heterocycles. The van der Waals surface area contributed by atoms with Crippen molar-refractivity contribution in [2.45, 2.75) is 18.4 Å². The fraction of sp³-hybridized carbons (Fsp3) is 0.174. The highest BCUT2D eigenvalue weighted by atomic mass is 35.5. The van der Waals surface area contributed by atoms with Gasteiger partial charge in [0.2, 0.25) is 10.0 Å². The van der Waals surface area contributed by atoms with E-state index in [4.69, 9.17) is 16.3 Å². The number of rotatable bonds is 8. The first-order valence-electron chi connectivity index (χ1n) is 9.65. The lowest BCUT2D eigenvalue weighted by atomic mass is 10.1. The maximum atomic E-state index is 12.9. The van der Waals surface area contributed by atoms with Crippen LogP contribution in [0, 0.1) is 0 Å². The van der Waals surface area contributed by atoms with Crippen molar-refractivity contribution in [2.75, 3.05) is 19.0 Å². The third kappa shape index (κ3) is 5.64. The Bertz CT molecular complexity index is 1170. The maximum Gasteiger partial charge on any atom is 0.255 e. The summed E-state index contributed by atoms with van der Waals surface area (Å²) >= 11 is 5.98. The first-order chi connectivity index (χ1) is 14.8. The van der Waals surface area contributed by atoms with Gasteiger partial charge in [-0.05, 0) is 55.5 Å².